The number of rotatable bonds is 12. The molecule has 0 bridgehead atoms. The number of hydrogen-bond acceptors (Lipinski definition) is 1. The van der Waals surface area contributed by atoms with Crippen LogP contribution in [0.4, 0.5) is 0 Å². The molecule has 0 spiro atoms. The Bertz CT molecular complexity index is 408. The minimum Gasteiger partial charge on any atom is -0.378 e. The van der Waals surface area contributed by atoms with Gasteiger partial charge in [-0.3, -0.25) is 0 Å². The van der Waals surface area contributed by atoms with Gasteiger partial charge < -0.3 is 4.74 Å². The van der Waals surface area contributed by atoms with Gasteiger partial charge in [-0.25, -0.2) is 0 Å². The first-order valence-electron chi connectivity index (χ1n) is 14.4. The van der Waals surface area contributed by atoms with Crippen LogP contribution in [0.15, 0.2) is 0 Å². The zero-order valence-corrected chi connectivity index (χ0v) is 20.7. The van der Waals surface area contributed by atoms with Crippen LogP contribution in [0.1, 0.15) is 142 Å². The molecule has 0 aliphatic heterocycles. The Hall–Kier alpha value is -0.0400. The second-order valence-electron chi connectivity index (χ2n) is 11.5. The van der Waals surface area contributed by atoms with Gasteiger partial charge in [-0.05, 0) is 81.0 Å². The fourth-order valence-electron chi connectivity index (χ4n) is 7.20. The van der Waals surface area contributed by atoms with Crippen molar-refractivity contribution in [3.63, 3.8) is 0 Å². The normalized spacial score (nSPS) is 35.4. The highest BCUT2D eigenvalue weighted by molar-refractivity contribution is 4.82. The molecule has 1 nitrogen and oxygen atoms in total. The lowest BCUT2D eigenvalue weighted by molar-refractivity contribution is 0.00367. The molecule has 0 atom stereocenters. The van der Waals surface area contributed by atoms with E-state index in [1.165, 1.54) is 128 Å². The Balaban J connectivity index is 1.19. The van der Waals surface area contributed by atoms with Gasteiger partial charge in [-0.2, -0.15) is 0 Å². The summed E-state index contributed by atoms with van der Waals surface area (Å²) in [6.45, 7) is 5.71. The summed E-state index contributed by atoms with van der Waals surface area (Å²) in [5.41, 5.74) is 0. The molecular formula is C29H54O. The zero-order valence-electron chi connectivity index (χ0n) is 20.7. The van der Waals surface area contributed by atoms with Crippen molar-refractivity contribution in [2.45, 2.75) is 148 Å². The van der Waals surface area contributed by atoms with Crippen molar-refractivity contribution >= 4 is 0 Å². The molecule has 3 fully saturated rings. The van der Waals surface area contributed by atoms with Crippen LogP contribution in [-0.4, -0.2) is 12.7 Å². The van der Waals surface area contributed by atoms with E-state index in [-0.39, 0.29) is 0 Å². The van der Waals surface area contributed by atoms with E-state index in [0.29, 0.717) is 6.10 Å². The smallest absolute Gasteiger partial charge is 0.0575 e. The van der Waals surface area contributed by atoms with Crippen molar-refractivity contribution in [1.29, 1.82) is 0 Å². The van der Waals surface area contributed by atoms with Gasteiger partial charge in [0.2, 0.25) is 0 Å². The van der Waals surface area contributed by atoms with Crippen LogP contribution in [0.5, 0.6) is 0 Å². The standard InChI is InChI=1S/C29H54O/c1-3-5-6-9-25-15-17-27(18-16-25)28-19-21-29(22-20-28)30-23-7-10-26-13-11-24(8-4-2)12-14-26/h24-29H,3-23H2,1-2H3/t24-,25-,26-,27-,28-,29-. The Kier molecular flexibility index (Phi) is 11.6. The quantitative estimate of drug-likeness (QED) is 0.287. The van der Waals surface area contributed by atoms with Gasteiger partial charge in [0.05, 0.1) is 6.10 Å². The first-order valence-corrected chi connectivity index (χ1v) is 14.4. The molecule has 3 saturated carbocycles. The van der Waals surface area contributed by atoms with Gasteiger partial charge in [0, 0.05) is 6.61 Å². The molecule has 3 aliphatic rings. The SMILES string of the molecule is CCCCC[C@H]1CC[C@H]([C@H]2CC[C@H](OCCC[C@H]3CC[C@H](CCC)CC3)CC2)CC1. The summed E-state index contributed by atoms with van der Waals surface area (Å²) in [7, 11) is 0. The van der Waals surface area contributed by atoms with Crippen LogP contribution in [0, 0.1) is 29.6 Å². The summed E-state index contributed by atoms with van der Waals surface area (Å²) in [6, 6.07) is 0. The number of ether oxygens (including phenoxy) is 1. The van der Waals surface area contributed by atoms with E-state index in [4.69, 9.17) is 4.74 Å². The summed E-state index contributed by atoms with van der Waals surface area (Å²) < 4.78 is 6.34. The Morgan fingerprint density at radius 3 is 1.57 bits per heavy atom. The molecule has 0 aromatic heterocycles. The molecule has 0 N–H and O–H groups in total. The van der Waals surface area contributed by atoms with Crippen molar-refractivity contribution in [2.75, 3.05) is 6.61 Å². The van der Waals surface area contributed by atoms with Crippen LogP contribution >= 0.6 is 0 Å². The zero-order chi connectivity index (χ0) is 21.0. The highest BCUT2D eigenvalue weighted by Crippen LogP contribution is 2.41. The summed E-state index contributed by atoms with van der Waals surface area (Å²) in [5, 5.41) is 0. The molecule has 3 aliphatic carbocycles. The van der Waals surface area contributed by atoms with Gasteiger partial charge in [-0.1, -0.05) is 90.9 Å². The van der Waals surface area contributed by atoms with E-state index in [1.807, 2.05) is 0 Å². The molecule has 0 amide bonds. The van der Waals surface area contributed by atoms with E-state index < -0.39 is 0 Å². The lowest BCUT2D eigenvalue weighted by Crippen LogP contribution is -2.28. The van der Waals surface area contributed by atoms with Crippen LogP contribution in [-0.2, 0) is 4.74 Å². The van der Waals surface area contributed by atoms with Crippen LogP contribution in [0.2, 0.25) is 0 Å². The monoisotopic (exact) mass is 418 g/mol. The van der Waals surface area contributed by atoms with Gasteiger partial charge >= 0.3 is 0 Å². The maximum Gasteiger partial charge on any atom is 0.0575 e. The second-order valence-corrected chi connectivity index (χ2v) is 11.5. The van der Waals surface area contributed by atoms with Crippen LogP contribution in [0.3, 0.4) is 0 Å². The molecule has 3 rings (SSSR count). The molecule has 0 radical (unpaired) electrons. The van der Waals surface area contributed by atoms with Crippen molar-refractivity contribution in [3.05, 3.63) is 0 Å². The molecule has 1 heteroatoms. The molecule has 30 heavy (non-hydrogen) atoms. The summed E-state index contributed by atoms with van der Waals surface area (Å²) >= 11 is 0. The molecule has 0 heterocycles. The predicted molar refractivity (Wildman–Crippen MR) is 131 cm³/mol. The molecule has 0 aromatic carbocycles. The van der Waals surface area contributed by atoms with Crippen LogP contribution < -0.4 is 0 Å². The predicted octanol–water partition coefficient (Wildman–Crippen LogP) is 9.34. The summed E-state index contributed by atoms with van der Waals surface area (Å²) in [5.74, 6) is 5.20. The summed E-state index contributed by atoms with van der Waals surface area (Å²) in [4.78, 5) is 0. The van der Waals surface area contributed by atoms with E-state index in [0.717, 1.165) is 36.2 Å². The summed E-state index contributed by atoms with van der Waals surface area (Å²) in [6.07, 6.45) is 29.7. The molecule has 0 aromatic rings. The Morgan fingerprint density at radius 2 is 1.00 bits per heavy atom. The first kappa shape index (κ1) is 24.6. The third-order valence-electron chi connectivity index (χ3n) is 9.27. The molecule has 0 saturated heterocycles. The molecule has 176 valence electrons. The molecule has 0 unspecified atom stereocenters. The van der Waals surface area contributed by atoms with Crippen molar-refractivity contribution in [3.8, 4) is 0 Å². The van der Waals surface area contributed by atoms with Gasteiger partial charge in [0.25, 0.3) is 0 Å². The first-order chi connectivity index (χ1) is 14.8. The second kappa shape index (κ2) is 14.2. The lowest BCUT2D eigenvalue weighted by Gasteiger charge is -2.38. The lowest BCUT2D eigenvalue weighted by atomic mass is 9.70. The van der Waals surface area contributed by atoms with E-state index >= 15 is 0 Å². The highest BCUT2D eigenvalue weighted by Gasteiger charge is 2.31. The average molecular weight is 419 g/mol. The van der Waals surface area contributed by atoms with E-state index in [1.54, 1.807) is 0 Å². The van der Waals surface area contributed by atoms with Crippen molar-refractivity contribution < 1.29 is 4.74 Å². The third-order valence-corrected chi connectivity index (χ3v) is 9.27. The molecular weight excluding hydrogens is 364 g/mol. The van der Waals surface area contributed by atoms with Gasteiger partial charge in [0.1, 0.15) is 0 Å². The van der Waals surface area contributed by atoms with E-state index in [9.17, 15) is 0 Å². The minimum atomic E-state index is 0.590. The fraction of sp³-hybridized carbons (Fsp3) is 1.00. The van der Waals surface area contributed by atoms with Crippen LogP contribution in [0.25, 0.3) is 0 Å². The Morgan fingerprint density at radius 1 is 0.500 bits per heavy atom. The maximum atomic E-state index is 6.34. The average Bonchev–Trinajstić information content (AvgIpc) is 2.79. The van der Waals surface area contributed by atoms with Crippen molar-refractivity contribution in [1.82, 2.24) is 0 Å². The van der Waals surface area contributed by atoms with Gasteiger partial charge in [0.15, 0.2) is 0 Å². The fourth-order valence-corrected chi connectivity index (χ4v) is 7.20. The maximum absolute atomic E-state index is 6.34. The Labute approximate surface area is 189 Å². The van der Waals surface area contributed by atoms with Gasteiger partial charge in [-0.15, -0.1) is 0 Å². The minimum absolute atomic E-state index is 0.590. The number of hydrogen-bond donors (Lipinski definition) is 0. The van der Waals surface area contributed by atoms with E-state index in [2.05, 4.69) is 13.8 Å². The number of unbranched alkanes of at least 4 members (excludes halogenated alkanes) is 2. The third kappa shape index (κ3) is 8.48. The highest BCUT2D eigenvalue weighted by atomic mass is 16.5. The van der Waals surface area contributed by atoms with Crippen molar-refractivity contribution in [2.24, 2.45) is 29.6 Å². The topological polar surface area (TPSA) is 9.23 Å². The largest absolute Gasteiger partial charge is 0.378 e.